The molecule has 2 rings (SSSR count). The number of rotatable bonds is 4. The highest BCUT2D eigenvalue weighted by Gasteiger charge is 2.48. The Labute approximate surface area is 131 Å². The lowest BCUT2D eigenvalue weighted by molar-refractivity contribution is -0.147. The van der Waals surface area contributed by atoms with E-state index in [9.17, 15) is 14.4 Å². The highest BCUT2D eigenvalue weighted by molar-refractivity contribution is 5.76. The van der Waals surface area contributed by atoms with Crippen molar-refractivity contribution in [1.29, 1.82) is 0 Å². The molecule has 0 aromatic carbocycles. The highest BCUT2D eigenvalue weighted by Crippen LogP contribution is 2.41. The molecule has 22 heavy (non-hydrogen) atoms. The minimum absolute atomic E-state index is 0.140. The molecule has 1 fully saturated rings. The van der Waals surface area contributed by atoms with Crippen molar-refractivity contribution in [3.63, 3.8) is 0 Å². The first-order chi connectivity index (χ1) is 10.3. The molecule has 0 amide bonds. The maximum Gasteiger partial charge on any atom is 0.309 e. The summed E-state index contributed by atoms with van der Waals surface area (Å²) in [5.74, 6) is -0.683. The average Bonchev–Trinajstić information content (AvgIpc) is 2.60. The number of fused-ring (bicyclic) bond motifs is 1. The summed E-state index contributed by atoms with van der Waals surface area (Å²) in [6.45, 7) is 6.83. The number of hydrogen-bond acceptors (Lipinski definition) is 5. The van der Waals surface area contributed by atoms with Crippen molar-refractivity contribution in [2.24, 2.45) is 17.8 Å². The monoisotopic (exact) mass is 308 g/mol. The summed E-state index contributed by atoms with van der Waals surface area (Å²) in [5, 5.41) is 0. The molecule has 5 atom stereocenters. The number of Topliss-reactive ketones (excluding diaryl/α,β-unsaturated/α-hetero) is 1. The van der Waals surface area contributed by atoms with E-state index in [0.29, 0.717) is 19.3 Å². The van der Waals surface area contributed by atoms with E-state index in [0.717, 1.165) is 5.57 Å². The maximum atomic E-state index is 11.9. The van der Waals surface area contributed by atoms with Crippen LogP contribution in [-0.2, 0) is 23.9 Å². The van der Waals surface area contributed by atoms with Crippen LogP contribution in [0.4, 0.5) is 0 Å². The Morgan fingerprint density at radius 3 is 2.59 bits per heavy atom. The predicted octanol–water partition coefficient (Wildman–Crippen LogP) is 2.43. The summed E-state index contributed by atoms with van der Waals surface area (Å²) in [4.78, 5) is 34.5. The van der Waals surface area contributed by atoms with Crippen LogP contribution < -0.4 is 0 Å². The molecule has 0 spiro atoms. The molecule has 0 N–H and O–H groups in total. The molecule has 0 unspecified atom stereocenters. The second kappa shape index (κ2) is 6.63. The van der Waals surface area contributed by atoms with Gasteiger partial charge in [0.1, 0.15) is 18.0 Å². The summed E-state index contributed by atoms with van der Waals surface area (Å²) >= 11 is 0. The minimum atomic E-state index is -0.462. The van der Waals surface area contributed by atoms with Gasteiger partial charge in [0.05, 0.1) is 5.92 Å². The lowest BCUT2D eigenvalue weighted by atomic mass is 9.85. The molecule has 5 nitrogen and oxygen atoms in total. The summed E-state index contributed by atoms with van der Waals surface area (Å²) in [7, 11) is 0. The van der Waals surface area contributed by atoms with Crippen LogP contribution in [0.15, 0.2) is 11.6 Å². The first-order valence-electron chi connectivity index (χ1n) is 7.87. The molecule has 5 heteroatoms. The van der Waals surface area contributed by atoms with Crippen molar-refractivity contribution >= 4 is 17.7 Å². The third-order valence-electron chi connectivity index (χ3n) is 4.69. The number of ether oxygens (including phenoxy) is 2. The zero-order valence-corrected chi connectivity index (χ0v) is 13.6. The fourth-order valence-corrected chi connectivity index (χ4v) is 3.46. The van der Waals surface area contributed by atoms with Gasteiger partial charge in [-0.05, 0) is 31.8 Å². The molecule has 122 valence electrons. The van der Waals surface area contributed by atoms with E-state index < -0.39 is 6.10 Å². The van der Waals surface area contributed by atoms with Gasteiger partial charge in [-0.3, -0.25) is 9.59 Å². The molecule has 2 aliphatic rings. The van der Waals surface area contributed by atoms with E-state index in [4.69, 9.17) is 9.47 Å². The second-order valence-corrected chi connectivity index (χ2v) is 6.50. The van der Waals surface area contributed by atoms with Crippen molar-refractivity contribution in [2.75, 3.05) is 0 Å². The normalized spacial score (nSPS) is 34.3. The van der Waals surface area contributed by atoms with E-state index in [1.165, 1.54) is 6.92 Å². The first kappa shape index (κ1) is 16.7. The van der Waals surface area contributed by atoms with Gasteiger partial charge in [0, 0.05) is 19.3 Å². The third-order valence-corrected chi connectivity index (χ3v) is 4.69. The second-order valence-electron chi connectivity index (χ2n) is 6.50. The number of carbonyl (C=O) groups excluding carboxylic acids is 3. The molecule has 0 aromatic rings. The number of esters is 2. The predicted molar refractivity (Wildman–Crippen MR) is 79.9 cm³/mol. The lowest BCUT2D eigenvalue weighted by Crippen LogP contribution is -2.33. The van der Waals surface area contributed by atoms with Crippen molar-refractivity contribution in [2.45, 2.75) is 59.2 Å². The topological polar surface area (TPSA) is 69.7 Å². The van der Waals surface area contributed by atoms with Gasteiger partial charge in [0.25, 0.3) is 0 Å². The molecule has 1 heterocycles. The van der Waals surface area contributed by atoms with Crippen LogP contribution in [0.2, 0.25) is 0 Å². The average molecular weight is 308 g/mol. The van der Waals surface area contributed by atoms with E-state index in [-0.39, 0.29) is 41.6 Å². The van der Waals surface area contributed by atoms with Crippen LogP contribution >= 0.6 is 0 Å². The Bertz CT molecular complexity index is 507. The summed E-state index contributed by atoms with van der Waals surface area (Å²) in [6.07, 6.45) is 3.10. The van der Waals surface area contributed by atoms with Gasteiger partial charge in [-0.25, -0.2) is 0 Å². The van der Waals surface area contributed by atoms with Crippen molar-refractivity contribution in [3.05, 3.63) is 11.6 Å². The van der Waals surface area contributed by atoms with Crippen molar-refractivity contribution in [1.82, 2.24) is 0 Å². The minimum Gasteiger partial charge on any atom is -0.462 e. The van der Waals surface area contributed by atoms with Crippen molar-refractivity contribution in [3.8, 4) is 0 Å². The molecule has 1 saturated heterocycles. The molecule has 0 bridgehead atoms. The number of carbonyl (C=O) groups is 3. The maximum absolute atomic E-state index is 11.9. The van der Waals surface area contributed by atoms with E-state index >= 15 is 0 Å². The van der Waals surface area contributed by atoms with Gasteiger partial charge in [0.15, 0.2) is 0 Å². The van der Waals surface area contributed by atoms with Gasteiger partial charge >= 0.3 is 11.9 Å². The zero-order valence-electron chi connectivity index (χ0n) is 13.6. The Morgan fingerprint density at radius 2 is 2.00 bits per heavy atom. The fourth-order valence-electron chi connectivity index (χ4n) is 3.46. The molecule has 0 aromatic heterocycles. The molecule has 1 aliphatic heterocycles. The van der Waals surface area contributed by atoms with E-state index in [2.05, 4.69) is 6.92 Å². The van der Waals surface area contributed by atoms with Crippen LogP contribution in [-0.4, -0.2) is 29.9 Å². The summed E-state index contributed by atoms with van der Waals surface area (Å²) < 4.78 is 10.9. The van der Waals surface area contributed by atoms with Crippen LogP contribution in [0.5, 0.6) is 0 Å². The Hall–Kier alpha value is -1.65. The number of hydrogen-bond donors (Lipinski definition) is 0. The number of ketones is 1. The number of allylic oxidation sites excluding steroid dienone is 1. The fraction of sp³-hybridized carbons (Fsp3) is 0.706. The standard InChI is InChI=1S/C17H24O5/c1-9-7-14-16(11(3)17(20)22-14)15(21-12(4)19)8-13(9)6-5-10(2)18/h8-9,11,14-16H,5-7H2,1-4H3/t9-,11-,14+,15+,16+/m1/s1. The molecular formula is C17H24O5. The summed E-state index contributed by atoms with van der Waals surface area (Å²) in [6, 6.07) is 0. The SMILES string of the molecule is CC(=O)CCC1=C[C@H](OC(C)=O)[C@@H]2[C@H](C[C@H]1C)OC(=O)[C@@H]2C. The van der Waals surface area contributed by atoms with Gasteiger partial charge < -0.3 is 14.3 Å². The highest BCUT2D eigenvalue weighted by atomic mass is 16.6. The molecule has 1 aliphatic carbocycles. The lowest BCUT2D eigenvalue weighted by Gasteiger charge is -2.24. The summed E-state index contributed by atoms with van der Waals surface area (Å²) in [5.41, 5.74) is 1.11. The van der Waals surface area contributed by atoms with Crippen LogP contribution in [0.25, 0.3) is 0 Å². The zero-order chi connectivity index (χ0) is 16.4. The largest absolute Gasteiger partial charge is 0.462 e. The molecule has 0 radical (unpaired) electrons. The van der Waals surface area contributed by atoms with Gasteiger partial charge in [-0.15, -0.1) is 0 Å². The van der Waals surface area contributed by atoms with Gasteiger partial charge in [0.2, 0.25) is 0 Å². The van der Waals surface area contributed by atoms with E-state index in [1.54, 1.807) is 6.92 Å². The Balaban J connectivity index is 2.28. The third kappa shape index (κ3) is 3.57. The molecular weight excluding hydrogens is 284 g/mol. The van der Waals surface area contributed by atoms with Gasteiger partial charge in [-0.1, -0.05) is 19.4 Å². The quantitative estimate of drug-likeness (QED) is 0.589. The Kier molecular flexibility index (Phi) is 5.04. The van der Waals surface area contributed by atoms with Gasteiger partial charge in [-0.2, -0.15) is 0 Å². The Morgan fingerprint density at radius 1 is 1.32 bits per heavy atom. The van der Waals surface area contributed by atoms with Crippen LogP contribution in [0.3, 0.4) is 0 Å². The van der Waals surface area contributed by atoms with Crippen LogP contribution in [0.1, 0.15) is 47.0 Å². The first-order valence-corrected chi connectivity index (χ1v) is 7.87. The smallest absolute Gasteiger partial charge is 0.309 e. The van der Waals surface area contributed by atoms with Crippen LogP contribution in [0, 0.1) is 17.8 Å². The molecule has 0 saturated carbocycles. The van der Waals surface area contributed by atoms with Crippen molar-refractivity contribution < 1.29 is 23.9 Å². The van der Waals surface area contributed by atoms with E-state index in [1.807, 2.05) is 13.0 Å².